The summed E-state index contributed by atoms with van der Waals surface area (Å²) < 4.78 is 0. The molecule has 0 aliphatic carbocycles. The van der Waals surface area contributed by atoms with Crippen LogP contribution in [0, 0.1) is 10.1 Å². The summed E-state index contributed by atoms with van der Waals surface area (Å²) in [5.74, 6) is 0. The lowest BCUT2D eigenvalue weighted by Gasteiger charge is -2.09. The van der Waals surface area contributed by atoms with Crippen molar-refractivity contribution in [3.05, 3.63) is 63.2 Å². The van der Waals surface area contributed by atoms with Gasteiger partial charge in [0.1, 0.15) is 5.69 Å². The van der Waals surface area contributed by atoms with E-state index < -0.39 is 4.92 Å². The van der Waals surface area contributed by atoms with Crippen LogP contribution in [0.4, 0.5) is 17.1 Å². The lowest BCUT2D eigenvalue weighted by atomic mass is 10.2. The predicted octanol–water partition coefficient (Wildman–Crippen LogP) is 3.44. The Morgan fingerprint density at radius 3 is 2.53 bits per heavy atom. The van der Waals surface area contributed by atoms with Gasteiger partial charge >= 0.3 is 0 Å². The molecule has 0 heterocycles. The number of nitrogen functional groups attached to an aromatic ring is 1. The maximum Gasteiger partial charge on any atom is 0.293 e. The van der Waals surface area contributed by atoms with Crippen molar-refractivity contribution in [1.82, 2.24) is 0 Å². The number of halogens is 1. The molecular formula is C13H12ClN3O2. The molecule has 0 fully saturated rings. The van der Waals surface area contributed by atoms with Gasteiger partial charge in [-0.25, -0.2) is 0 Å². The topological polar surface area (TPSA) is 81.2 Å². The number of hydrogen-bond donors (Lipinski definition) is 2. The molecule has 0 aliphatic heterocycles. The monoisotopic (exact) mass is 277 g/mol. The molecule has 0 amide bonds. The molecule has 98 valence electrons. The van der Waals surface area contributed by atoms with Crippen LogP contribution < -0.4 is 11.1 Å². The first-order valence-corrected chi connectivity index (χ1v) is 5.97. The Labute approximate surface area is 115 Å². The fourth-order valence-corrected chi connectivity index (χ4v) is 1.90. The SMILES string of the molecule is Nc1ccc(CNc2c(Cl)cccc2[N+](=O)[O-])cc1. The summed E-state index contributed by atoms with van der Waals surface area (Å²) >= 11 is 5.98. The van der Waals surface area contributed by atoms with E-state index in [0.29, 0.717) is 22.9 Å². The van der Waals surface area contributed by atoms with Gasteiger partial charge in [-0.2, -0.15) is 0 Å². The average molecular weight is 278 g/mol. The highest BCUT2D eigenvalue weighted by Crippen LogP contribution is 2.32. The lowest BCUT2D eigenvalue weighted by molar-refractivity contribution is -0.383. The molecule has 0 saturated carbocycles. The third-order valence-electron chi connectivity index (χ3n) is 2.64. The first-order chi connectivity index (χ1) is 9.08. The van der Waals surface area contributed by atoms with Crippen LogP contribution >= 0.6 is 11.6 Å². The Morgan fingerprint density at radius 1 is 1.21 bits per heavy atom. The summed E-state index contributed by atoms with van der Waals surface area (Å²) in [4.78, 5) is 10.5. The van der Waals surface area contributed by atoms with E-state index in [4.69, 9.17) is 17.3 Å². The molecular weight excluding hydrogens is 266 g/mol. The van der Waals surface area contributed by atoms with Gasteiger partial charge in [-0.1, -0.05) is 29.8 Å². The van der Waals surface area contributed by atoms with E-state index >= 15 is 0 Å². The van der Waals surface area contributed by atoms with Crippen molar-refractivity contribution in [3.8, 4) is 0 Å². The first kappa shape index (κ1) is 13.2. The molecule has 2 aromatic rings. The minimum Gasteiger partial charge on any atom is -0.399 e. The number of rotatable bonds is 4. The van der Waals surface area contributed by atoms with Crippen molar-refractivity contribution in [3.63, 3.8) is 0 Å². The van der Waals surface area contributed by atoms with Crippen molar-refractivity contribution >= 4 is 28.7 Å². The molecule has 0 saturated heterocycles. The summed E-state index contributed by atoms with van der Waals surface area (Å²) in [6, 6.07) is 11.8. The molecule has 0 atom stereocenters. The normalized spacial score (nSPS) is 10.2. The van der Waals surface area contributed by atoms with Crippen molar-refractivity contribution in [2.45, 2.75) is 6.54 Å². The zero-order chi connectivity index (χ0) is 13.8. The summed E-state index contributed by atoms with van der Waals surface area (Å²) in [6.07, 6.45) is 0. The summed E-state index contributed by atoms with van der Waals surface area (Å²) in [7, 11) is 0. The second-order valence-electron chi connectivity index (χ2n) is 3.99. The Hall–Kier alpha value is -2.27. The van der Waals surface area contributed by atoms with Crippen LogP contribution in [0.5, 0.6) is 0 Å². The highest BCUT2D eigenvalue weighted by atomic mass is 35.5. The Bertz CT molecular complexity index is 599. The number of anilines is 2. The van der Waals surface area contributed by atoms with Crippen LogP contribution in [0.1, 0.15) is 5.56 Å². The number of nitro benzene ring substituents is 1. The van der Waals surface area contributed by atoms with Crippen LogP contribution in [0.3, 0.4) is 0 Å². The van der Waals surface area contributed by atoms with Gasteiger partial charge < -0.3 is 11.1 Å². The van der Waals surface area contributed by atoms with Gasteiger partial charge in [0.15, 0.2) is 0 Å². The number of nitrogens with two attached hydrogens (primary N) is 1. The number of hydrogen-bond acceptors (Lipinski definition) is 4. The third-order valence-corrected chi connectivity index (χ3v) is 2.95. The number of benzene rings is 2. The highest BCUT2D eigenvalue weighted by Gasteiger charge is 2.15. The minimum atomic E-state index is -0.461. The molecule has 0 radical (unpaired) electrons. The summed E-state index contributed by atoms with van der Waals surface area (Å²) in [6.45, 7) is 0.435. The zero-order valence-electron chi connectivity index (χ0n) is 9.97. The largest absolute Gasteiger partial charge is 0.399 e. The van der Waals surface area contributed by atoms with Gasteiger partial charge in [0, 0.05) is 18.3 Å². The summed E-state index contributed by atoms with van der Waals surface area (Å²) in [5.41, 5.74) is 7.51. The van der Waals surface area contributed by atoms with Gasteiger partial charge in [-0.3, -0.25) is 10.1 Å². The molecule has 19 heavy (non-hydrogen) atoms. The lowest BCUT2D eigenvalue weighted by Crippen LogP contribution is -2.03. The van der Waals surface area contributed by atoms with E-state index in [0.717, 1.165) is 5.56 Å². The third kappa shape index (κ3) is 3.14. The fraction of sp³-hybridized carbons (Fsp3) is 0.0769. The Kier molecular flexibility index (Phi) is 3.87. The maximum absolute atomic E-state index is 10.9. The molecule has 0 aliphatic rings. The van der Waals surface area contributed by atoms with Crippen molar-refractivity contribution in [1.29, 1.82) is 0 Å². The van der Waals surface area contributed by atoms with Crippen molar-refractivity contribution < 1.29 is 4.92 Å². The smallest absolute Gasteiger partial charge is 0.293 e. The van der Waals surface area contributed by atoms with E-state index in [9.17, 15) is 10.1 Å². The molecule has 6 heteroatoms. The molecule has 0 aromatic heterocycles. The highest BCUT2D eigenvalue weighted by molar-refractivity contribution is 6.33. The maximum atomic E-state index is 10.9. The van der Waals surface area contributed by atoms with Crippen LogP contribution in [0.2, 0.25) is 5.02 Å². The van der Waals surface area contributed by atoms with Crippen LogP contribution in [0.15, 0.2) is 42.5 Å². The van der Waals surface area contributed by atoms with E-state index in [2.05, 4.69) is 5.32 Å². The van der Waals surface area contributed by atoms with Crippen molar-refractivity contribution in [2.75, 3.05) is 11.1 Å². The number of nitrogens with zero attached hydrogens (tertiary/aromatic N) is 1. The van der Waals surface area contributed by atoms with Gasteiger partial charge in [-0.05, 0) is 23.8 Å². The number of nitro groups is 1. The molecule has 2 aromatic carbocycles. The Morgan fingerprint density at radius 2 is 1.89 bits per heavy atom. The van der Waals surface area contributed by atoms with Crippen LogP contribution in [-0.4, -0.2) is 4.92 Å². The molecule has 0 unspecified atom stereocenters. The van der Waals surface area contributed by atoms with Gasteiger partial charge in [0.25, 0.3) is 5.69 Å². The Balaban J connectivity index is 2.19. The zero-order valence-corrected chi connectivity index (χ0v) is 10.7. The quantitative estimate of drug-likeness (QED) is 0.509. The number of para-hydroxylation sites is 1. The van der Waals surface area contributed by atoms with Crippen molar-refractivity contribution in [2.24, 2.45) is 0 Å². The molecule has 0 bridgehead atoms. The van der Waals surface area contributed by atoms with E-state index in [1.165, 1.54) is 6.07 Å². The van der Waals surface area contributed by atoms with Crippen LogP contribution in [0.25, 0.3) is 0 Å². The summed E-state index contributed by atoms with van der Waals surface area (Å²) in [5, 5.41) is 14.2. The molecule has 3 N–H and O–H groups in total. The molecule has 2 rings (SSSR count). The van der Waals surface area contributed by atoms with Gasteiger partial charge in [0.05, 0.1) is 9.95 Å². The standard InChI is InChI=1S/C13H12ClN3O2/c14-11-2-1-3-12(17(18)19)13(11)16-8-9-4-6-10(15)7-5-9/h1-7,16H,8,15H2. The minimum absolute atomic E-state index is 0.0389. The second kappa shape index (κ2) is 5.58. The fourth-order valence-electron chi connectivity index (χ4n) is 1.67. The van der Waals surface area contributed by atoms with E-state index in [1.54, 1.807) is 24.3 Å². The second-order valence-corrected chi connectivity index (χ2v) is 4.39. The van der Waals surface area contributed by atoms with Gasteiger partial charge in [0.2, 0.25) is 0 Å². The van der Waals surface area contributed by atoms with E-state index in [1.807, 2.05) is 12.1 Å². The number of nitrogens with one attached hydrogen (secondary N) is 1. The van der Waals surface area contributed by atoms with Gasteiger partial charge in [-0.15, -0.1) is 0 Å². The predicted molar refractivity (Wildman–Crippen MR) is 76.3 cm³/mol. The average Bonchev–Trinajstić information content (AvgIpc) is 2.39. The first-order valence-electron chi connectivity index (χ1n) is 5.59. The molecule has 0 spiro atoms. The van der Waals surface area contributed by atoms with E-state index in [-0.39, 0.29) is 5.69 Å². The van der Waals surface area contributed by atoms with Crippen LogP contribution in [-0.2, 0) is 6.54 Å². The molecule has 5 nitrogen and oxygen atoms in total.